The molecule has 0 aliphatic carbocycles. The Morgan fingerprint density at radius 2 is 1.40 bits per heavy atom. The molecule has 0 amide bonds. The lowest BCUT2D eigenvalue weighted by Gasteiger charge is -2.11. The van der Waals surface area contributed by atoms with E-state index in [1.54, 1.807) is 38.1 Å². The Balaban J connectivity index is 2.63. The van der Waals surface area contributed by atoms with Gasteiger partial charge in [0.25, 0.3) is 0 Å². The van der Waals surface area contributed by atoms with Crippen molar-refractivity contribution in [2.75, 3.05) is 0 Å². The molecule has 2 aromatic carbocycles. The van der Waals surface area contributed by atoms with Crippen LogP contribution in [0.25, 0.3) is 0 Å². The number of carboxylic acid groups (broad SMARTS) is 1. The number of halogens is 1. The molecule has 2 rings (SSSR count). The quantitative estimate of drug-likeness (QED) is 0.651. The van der Waals surface area contributed by atoms with Crippen LogP contribution in [0.15, 0.2) is 36.4 Å². The maximum absolute atomic E-state index is 12.6. The van der Waals surface area contributed by atoms with E-state index in [-0.39, 0.29) is 16.9 Å². The summed E-state index contributed by atoms with van der Waals surface area (Å²) in [7, 11) is 0. The lowest BCUT2D eigenvalue weighted by Crippen LogP contribution is -2.13. The number of rotatable bonds is 3. The van der Waals surface area contributed by atoms with Crippen LogP contribution in [0.3, 0.4) is 0 Å². The van der Waals surface area contributed by atoms with Crippen molar-refractivity contribution in [1.82, 2.24) is 0 Å². The largest absolute Gasteiger partial charge is 0.478 e. The van der Waals surface area contributed by atoms with Gasteiger partial charge in [-0.15, -0.1) is 0 Å². The van der Waals surface area contributed by atoms with Crippen LogP contribution >= 0.6 is 22.6 Å². The van der Waals surface area contributed by atoms with Crippen LogP contribution in [0.5, 0.6) is 0 Å². The fourth-order valence-corrected chi connectivity index (χ4v) is 2.48. The molecule has 0 saturated heterocycles. The standard InChI is InChI=1S/C16H13IO3/c1-9-3-4-10(2)14(16(19)20)13(9)15(18)11-5-7-12(17)8-6-11/h3-8H,1-2H3,(H,19,20). The first kappa shape index (κ1) is 14.7. The van der Waals surface area contributed by atoms with Crippen molar-refractivity contribution in [2.24, 2.45) is 0 Å². The van der Waals surface area contributed by atoms with Gasteiger partial charge in [0.1, 0.15) is 0 Å². The summed E-state index contributed by atoms with van der Waals surface area (Å²) in [4.78, 5) is 24.0. The van der Waals surface area contributed by atoms with Crippen LogP contribution in [0.4, 0.5) is 0 Å². The van der Waals surface area contributed by atoms with E-state index in [1.165, 1.54) is 0 Å². The highest BCUT2D eigenvalue weighted by atomic mass is 127. The number of hydrogen-bond acceptors (Lipinski definition) is 2. The maximum Gasteiger partial charge on any atom is 0.336 e. The Morgan fingerprint density at radius 3 is 1.90 bits per heavy atom. The molecule has 0 heterocycles. The predicted molar refractivity (Wildman–Crippen MR) is 85.5 cm³/mol. The first-order valence-corrected chi connectivity index (χ1v) is 7.13. The van der Waals surface area contributed by atoms with E-state index in [0.717, 1.165) is 3.57 Å². The molecule has 1 N–H and O–H groups in total. The molecular formula is C16H13IO3. The summed E-state index contributed by atoms with van der Waals surface area (Å²) in [6.45, 7) is 3.46. The monoisotopic (exact) mass is 380 g/mol. The van der Waals surface area contributed by atoms with Gasteiger partial charge in [0, 0.05) is 14.7 Å². The van der Waals surface area contributed by atoms with Crippen molar-refractivity contribution < 1.29 is 14.7 Å². The van der Waals surface area contributed by atoms with Crippen molar-refractivity contribution in [3.63, 3.8) is 0 Å². The van der Waals surface area contributed by atoms with Crippen molar-refractivity contribution >= 4 is 34.3 Å². The number of carbonyl (C=O) groups excluding carboxylic acids is 1. The highest BCUT2D eigenvalue weighted by Gasteiger charge is 2.22. The van der Waals surface area contributed by atoms with Gasteiger partial charge in [-0.3, -0.25) is 4.79 Å². The molecule has 4 heteroatoms. The number of hydrogen-bond donors (Lipinski definition) is 1. The number of aromatic carboxylic acids is 1. The van der Waals surface area contributed by atoms with Crippen LogP contribution < -0.4 is 0 Å². The second-order valence-electron chi connectivity index (χ2n) is 4.59. The van der Waals surface area contributed by atoms with E-state index in [9.17, 15) is 14.7 Å². The molecule has 102 valence electrons. The average Bonchev–Trinajstić information content (AvgIpc) is 2.40. The molecule has 0 aliphatic heterocycles. The number of carbonyl (C=O) groups is 2. The Hall–Kier alpha value is -1.69. The van der Waals surface area contributed by atoms with Gasteiger partial charge in [0.05, 0.1) is 5.56 Å². The first-order valence-electron chi connectivity index (χ1n) is 6.05. The van der Waals surface area contributed by atoms with E-state index in [2.05, 4.69) is 22.6 Å². The van der Waals surface area contributed by atoms with Crippen molar-refractivity contribution in [3.05, 3.63) is 67.8 Å². The highest BCUT2D eigenvalue weighted by molar-refractivity contribution is 14.1. The molecule has 0 fully saturated rings. The third-order valence-corrected chi connectivity index (χ3v) is 3.89. The molecule has 0 bridgehead atoms. The molecule has 0 aromatic heterocycles. The second-order valence-corrected chi connectivity index (χ2v) is 5.84. The topological polar surface area (TPSA) is 54.4 Å². The summed E-state index contributed by atoms with van der Waals surface area (Å²) >= 11 is 2.16. The minimum absolute atomic E-state index is 0.0913. The summed E-state index contributed by atoms with van der Waals surface area (Å²) in [5.41, 5.74) is 2.14. The Morgan fingerprint density at radius 1 is 0.900 bits per heavy atom. The van der Waals surface area contributed by atoms with E-state index >= 15 is 0 Å². The third-order valence-electron chi connectivity index (χ3n) is 3.17. The molecule has 3 nitrogen and oxygen atoms in total. The molecule has 0 saturated carbocycles. The van der Waals surface area contributed by atoms with Crippen LogP contribution in [0, 0.1) is 17.4 Å². The Bertz CT molecular complexity index is 688. The summed E-state index contributed by atoms with van der Waals surface area (Å²) in [5.74, 6) is -1.32. The van der Waals surface area contributed by atoms with Crippen molar-refractivity contribution in [2.45, 2.75) is 13.8 Å². The number of ketones is 1. The third kappa shape index (κ3) is 2.75. The first-order chi connectivity index (χ1) is 9.41. The van der Waals surface area contributed by atoms with Gasteiger partial charge in [0.15, 0.2) is 5.78 Å². The van der Waals surface area contributed by atoms with Gasteiger partial charge in [-0.1, -0.05) is 12.1 Å². The maximum atomic E-state index is 12.6. The van der Waals surface area contributed by atoms with Gasteiger partial charge in [-0.25, -0.2) is 4.79 Å². The molecule has 0 aliphatic rings. The molecule has 0 radical (unpaired) electrons. The van der Waals surface area contributed by atoms with E-state index < -0.39 is 5.97 Å². The SMILES string of the molecule is Cc1ccc(C)c(C(=O)c2ccc(I)cc2)c1C(=O)O. The minimum atomic E-state index is -1.07. The minimum Gasteiger partial charge on any atom is -0.478 e. The summed E-state index contributed by atoms with van der Waals surface area (Å²) in [6.07, 6.45) is 0. The average molecular weight is 380 g/mol. The smallest absolute Gasteiger partial charge is 0.336 e. The molecule has 0 spiro atoms. The second kappa shape index (κ2) is 5.75. The normalized spacial score (nSPS) is 10.3. The molecule has 2 aromatic rings. The molecule has 20 heavy (non-hydrogen) atoms. The van der Waals surface area contributed by atoms with Crippen LogP contribution in [0.2, 0.25) is 0 Å². The lowest BCUT2D eigenvalue weighted by atomic mass is 9.91. The summed E-state index contributed by atoms with van der Waals surface area (Å²) in [6, 6.07) is 10.6. The molecule has 0 unspecified atom stereocenters. The fourth-order valence-electron chi connectivity index (χ4n) is 2.12. The molecule has 0 atom stereocenters. The highest BCUT2D eigenvalue weighted by Crippen LogP contribution is 2.22. The zero-order valence-corrected chi connectivity index (χ0v) is 13.3. The lowest BCUT2D eigenvalue weighted by molar-refractivity contribution is 0.0692. The van der Waals surface area contributed by atoms with Gasteiger partial charge in [-0.2, -0.15) is 0 Å². The zero-order valence-electron chi connectivity index (χ0n) is 11.1. The van der Waals surface area contributed by atoms with Gasteiger partial charge in [-0.05, 0) is 71.8 Å². The van der Waals surface area contributed by atoms with Crippen molar-refractivity contribution in [3.8, 4) is 0 Å². The van der Waals surface area contributed by atoms with Crippen LogP contribution in [0.1, 0.15) is 37.4 Å². The number of carboxylic acids is 1. The Labute approximate surface area is 130 Å². The van der Waals surface area contributed by atoms with Crippen molar-refractivity contribution in [1.29, 1.82) is 0 Å². The van der Waals surface area contributed by atoms with E-state index in [4.69, 9.17) is 0 Å². The fraction of sp³-hybridized carbons (Fsp3) is 0.125. The number of benzene rings is 2. The van der Waals surface area contributed by atoms with Gasteiger partial charge in [0.2, 0.25) is 0 Å². The predicted octanol–water partition coefficient (Wildman–Crippen LogP) is 3.84. The molecular weight excluding hydrogens is 367 g/mol. The van der Waals surface area contributed by atoms with E-state index in [1.807, 2.05) is 12.1 Å². The van der Waals surface area contributed by atoms with E-state index in [0.29, 0.717) is 16.7 Å². The summed E-state index contributed by atoms with van der Waals surface area (Å²) < 4.78 is 1.03. The zero-order chi connectivity index (χ0) is 14.9. The van der Waals surface area contributed by atoms with Crippen LogP contribution in [-0.4, -0.2) is 16.9 Å². The number of aryl methyl sites for hydroxylation is 2. The van der Waals surface area contributed by atoms with Gasteiger partial charge < -0.3 is 5.11 Å². The Kier molecular flexibility index (Phi) is 4.23. The van der Waals surface area contributed by atoms with Crippen LogP contribution in [-0.2, 0) is 0 Å². The van der Waals surface area contributed by atoms with Gasteiger partial charge >= 0.3 is 5.97 Å². The summed E-state index contributed by atoms with van der Waals surface area (Å²) in [5, 5.41) is 9.36.